The number of nitrogens with zero attached hydrogens (tertiary/aromatic N) is 2. The summed E-state index contributed by atoms with van der Waals surface area (Å²) in [6.07, 6.45) is 4.12. The Balaban J connectivity index is 1.79. The summed E-state index contributed by atoms with van der Waals surface area (Å²) in [4.78, 5) is 16.7. The van der Waals surface area contributed by atoms with Crippen LogP contribution < -0.4 is 10.6 Å². The van der Waals surface area contributed by atoms with E-state index < -0.39 is 0 Å². The summed E-state index contributed by atoms with van der Waals surface area (Å²) in [7, 11) is 3.53. The van der Waals surface area contributed by atoms with Gasteiger partial charge in [-0.15, -0.1) is 11.3 Å². The molecular weight excluding hydrogens is 258 g/mol. The quantitative estimate of drug-likeness (QED) is 0.903. The van der Waals surface area contributed by atoms with Gasteiger partial charge in [0.1, 0.15) is 4.88 Å². The molecule has 2 unspecified atom stereocenters. The van der Waals surface area contributed by atoms with E-state index >= 15 is 0 Å². The largest absolute Gasteiger partial charge is 0.397 e. The summed E-state index contributed by atoms with van der Waals surface area (Å²) < 4.78 is 0. The van der Waals surface area contributed by atoms with Crippen molar-refractivity contribution in [3.8, 4) is 0 Å². The number of hydrogen-bond donors (Lipinski definition) is 1. The number of nitrogen functional groups attached to an aromatic ring is 1. The van der Waals surface area contributed by atoms with E-state index in [1.54, 1.807) is 30.3 Å². The third kappa shape index (κ3) is 2.20. The zero-order valence-corrected chi connectivity index (χ0v) is 12.4. The summed E-state index contributed by atoms with van der Waals surface area (Å²) in [5.41, 5.74) is 6.62. The summed E-state index contributed by atoms with van der Waals surface area (Å²) in [5, 5.41) is 1.16. The maximum atomic E-state index is 12.0. The molecule has 4 nitrogen and oxygen atoms in total. The van der Waals surface area contributed by atoms with Crippen molar-refractivity contribution in [3.05, 3.63) is 10.9 Å². The van der Waals surface area contributed by atoms with Gasteiger partial charge in [-0.25, -0.2) is 0 Å². The van der Waals surface area contributed by atoms with Crippen molar-refractivity contribution in [2.75, 3.05) is 37.8 Å². The van der Waals surface area contributed by atoms with E-state index in [0.717, 1.165) is 29.9 Å². The number of carbonyl (C=O) groups is 1. The van der Waals surface area contributed by atoms with Crippen molar-refractivity contribution in [2.45, 2.75) is 19.3 Å². The third-order valence-electron chi connectivity index (χ3n) is 4.39. The van der Waals surface area contributed by atoms with Gasteiger partial charge in [0.2, 0.25) is 0 Å². The van der Waals surface area contributed by atoms with E-state index in [2.05, 4.69) is 4.90 Å². The minimum atomic E-state index is 0.00754. The SMILES string of the molecule is CN(C)C(=O)c1sc(N2CC3CCCC3C2)cc1N. The lowest BCUT2D eigenvalue weighted by atomic mass is 10.0. The molecule has 1 saturated carbocycles. The fourth-order valence-electron chi connectivity index (χ4n) is 3.33. The van der Waals surface area contributed by atoms with Crippen LogP contribution in [0.3, 0.4) is 0 Å². The molecule has 0 bridgehead atoms. The smallest absolute Gasteiger partial charge is 0.265 e. The number of hydrogen-bond acceptors (Lipinski definition) is 4. The molecule has 2 atom stereocenters. The van der Waals surface area contributed by atoms with Gasteiger partial charge >= 0.3 is 0 Å². The zero-order valence-electron chi connectivity index (χ0n) is 11.6. The molecule has 19 heavy (non-hydrogen) atoms. The highest BCUT2D eigenvalue weighted by Crippen LogP contribution is 2.42. The fraction of sp³-hybridized carbons (Fsp3) is 0.643. The number of nitrogens with two attached hydrogens (primary N) is 1. The average Bonchev–Trinajstić information content (AvgIpc) is 3.00. The van der Waals surface area contributed by atoms with Gasteiger partial charge in [0.25, 0.3) is 5.91 Å². The number of anilines is 2. The first-order valence-electron chi connectivity index (χ1n) is 6.92. The number of thiophene rings is 1. The predicted octanol–water partition coefficient (Wildman–Crippen LogP) is 2.27. The molecule has 2 heterocycles. The second-order valence-electron chi connectivity index (χ2n) is 5.92. The molecule has 1 aliphatic carbocycles. The molecule has 1 aliphatic heterocycles. The van der Waals surface area contributed by atoms with Crippen molar-refractivity contribution in [2.24, 2.45) is 11.8 Å². The van der Waals surface area contributed by atoms with Gasteiger partial charge in [0.05, 0.1) is 10.7 Å². The topological polar surface area (TPSA) is 49.6 Å². The maximum absolute atomic E-state index is 12.0. The van der Waals surface area contributed by atoms with Crippen LogP contribution >= 0.6 is 11.3 Å². The molecule has 0 aromatic carbocycles. The van der Waals surface area contributed by atoms with Gasteiger partial charge < -0.3 is 15.5 Å². The second kappa shape index (κ2) is 4.71. The van der Waals surface area contributed by atoms with Crippen molar-refractivity contribution >= 4 is 27.9 Å². The second-order valence-corrected chi connectivity index (χ2v) is 6.96. The van der Waals surface area contributed by atoms with Gasteiger partial charge in [-0.1, -0.05) is 6.42 Å². The van der Waals surface area contributed by atoms with E-state index in [1.807, 2.05) is 6.07 Å². The number of fused-ring (bicyclic) bond motifs is 1. The highest BCUT2D eigenvalue weighted by atomic mass is 32.1. The van der Waals surface area contributed by atoms with Crippen LogP contribution in [0.1, 0.15) is 28.9 Å². The van der Waals surface area contributed by atoms with Crippen molar-refractivity contribution < 1.29 is 4.79 Å². The van der Waals surface area contributed by atoms with Crippen LogP contribution in [-0.4, -0.2) is 38.0 Å². The summed E-state index contributed by atoms with van der Waals surface area (Å²) in [6.45, 7) is 2.28. The number of rotatable bonds is 2. The highest BCUT2D eigenvalue weighted by Gasteiger charge is 2.37. The van der Waals surface area contributed by atoms with Crippen LogP contribution in [0, 0.1) is 11.8 Å². The zero-order chi connectivity index (χ0) is 13.6. The summed E-state index contributed by atoms with van der Waals surface area (Å²) in [6, 6.07) is 1.97. The molecule has 3 rings (SSSR count). The van der Waals surface area contributed by atoms with Crippen LogP contribution in [0.2, 0.25) is 0 Å². The predicted molar refractivity (Wildman–Crippen MR) is 79.8 cm³/mol. The molecule has 0 spiro atoms. The molecule has 1 amide bonds. The lowest BCUT2D eigenvalue weighted by Gasteiger charge is -2.16. The first-order chi connectivity index (χ1) is 9.06. The molecule has 104 valence electrons. The molecule has 2 N–H and O–H groups in total. The van der Waals surface area contributed by atoms with E-state index in [0.29, 0.717) is 10.6 Å². The normalized spacial score (nSPS) is 25.7. The van der Waals surface area contributed by atoms with Gasteiger partial charge in [-0.3, -0.25) is 4.79 Å². The Morgan fingerprint density at radius 1 is 1.37 bits per heavy atom. The minimum absolute atomic E-state index is 0.00754. The molecule has 1 aromatic heterocycles. The van der Waals surface area contributed by atoms with Crippen LogP contribution in [0.5, 0.6) is 0 Å². The van der Waals surface area contributed by atoms with Crippen molar-refractivity contribution in [1.82, 2.24) is 4.90 Å². The third-order valence-corrected chi connectivity index (χ3v) is 5.59. The molecular formula is C14H21N3OS. The standard InChI is InChI=1S/C14H21N3OS/c1-16(2)14(18)13-11(15)6-12(19-13)17-7-9-4-3-5-10(9)8-17/h6,9-10H,3-5,7-8,15H2,1-2H3. The molecule has 1 saturated heterocycles. The van der Waals surface area contributed by atoms with E-state index in [4.69, 9.17) is 5.73 Å². The van der Waals surface area contributed by atoms with Crippen molar-refractivity contribution in [3.63, 3.8) is 0 Å². The Morgan fingerprint density at radius 3 is 2.58 bits per heavy atom. The van der Waals surface area contributed by atoms with Gasteiger partial charge in [0, 0.05) is 27.2 Å². The fourth-order valence-corrected chi connectivity index (χ4v) is 4.45. The van der Waals surface area contributed by atoms with Crippen LogP contribution in [-0.2, 0) is 0 Å². The van der Waals surface area contributed by atoms with E-state index in [-0.39, 0.29) is 5.91 Å². The van der Waals surface area contributed by atoms with Crippen molar-refractivity contribution in [1.29, 1.82) is 0 Å². The molecule has 2 fully saturated rings. The molecule has 5 heteroatoms. The summed E-state index contributed by atoms with van der Waals surface area (Å²) >= 11 is 1.54. The Kier molecular flexibility index (Phi) is 3.17. The first kappa shape index (κ1) is 12.8. The molecule has 1 aromatic rings. The monoisotopic (exact) mass is 279 g/mol. The molecule has 2 aliphatic rings. The highest BCUT2D eigenvalue weighted by molar-refractivity contribution is 7.18. The Bertz CT molecular complexity index is 485. The molecule has 0 radical (unpaired) electrons. The van der Waals surface area contributed by atoms with Gasteiger partial charge in [0.15, 0.2) is 0 Å². The van der Waals surface area contributed by atoms with E-state index in [9.17, 15) is 4.79 Å². The maximum Gasteiger partial charge on any atom is 0.265 e. The Hall–Kier alpha value is -1.23. The van der Waals surface area contributed by atoms with Crippen LogP contribution in [0.15, 0.2) is 6.07 Å². The van der Waals surface area contributed by atoms with Gasteiger partial charge in [-0.2, -0.15) is 0 Å². The van der Waals surface area contributed by atoms with Gasteiger partial charge in [-0.05, 0) is 30.7 Å². The minimum Gasteiger partial charge on any atom is -0.397 e. The van der Waals surface area contributed by atoms with E-state index in [1.165, 1.54) is 19.3 Å². The number of amides is 1. The van der Waals surface area contributed by atoms with Crippen LogP contribution in [0.4, 0.5) is 10.7 Å². The summed E-state index contributed by atoms with van der Waals surface area (Å²) in [5.74, 6) is 1.72. The lowest BCUT2D eigenvalue weighted by molar-refractivity contribution is 0.0833. The van der Waals surface area contributed by atoms with Crippen LogP contribution in [0.25, 0.3) is 0 Å². The number of carbonyl (C=O) groups excluding carboxylic acids is 1. The lowest BCUT2D eigenvalue weighted by Crippen LogP contribution is -2.21. The first-order valence-corrected chi connectivity index (χ1v) is 7.74. The average molecular weight is 279 g/mol. The Morgan fingerprint density at radius 2 is 2.00 bits per heavy atom. The Labute approximate surface area is 118 Å².